The first-order valence-electron chi connectivity index (χ1n) is 6.64. The number of nitrogens with zero attached hydrogens (tertiary/aromatic N) is 1. The van der Waals surface area contributed by atoms with Crippen LogP contribution in [0, 0.1) is 0 Å². The van der Waals surface area contributed by atoms with Crippen LogP contribution in [0.1, 0.15) is 0 Å². The molecule has 7 heteroatoms. The fraction of sp³-hybridized carbons (Fsp3) is 0.0625. The predicted molar refractivity (Wildman–Crippen MR) is 85.2 cm³/mol. The molecule has 2 aromatic carbocycles. The number of ether oxygens (including phenoxy) is 1. The van der Waals surface area contributed by atoms with Gasteiger partial charge in [-0.1, -0.05) is 6.07 Å². The van der Waals surface area contributed by atoms with E-state index in [2.05, 4.69) is 4.98 Å². The highest BCUT2D eigenvalue weighted by atomic mass is 32.2. The smallest absolute Gasteiger partial charge is 0.312 e. The Hall–Kier alpha value is -2.64. The van der Waals surface area contributed by atoms with E-state index in [1.807, 2.05) is 0 Å². The summed E-state index contributed by atoms with van der Waals surface area (Å²) in [5.74, 6) is 0.552. The fourth-order valence-corrected chi connectivity index (χ4v) is 2.97. The molecule has 23 heavy (non-hydrogen) atoms. The summed E-state index contributed by atoms with van der Waals surface area (Å²) >= 11 is 0. The number of phenols is 1. The fourth-order valence-electron chi connectivity index (χ4n) is 2.30. The van der Waals surface area contributed by atoms with E-state index < -0.39 is 15.1 Å². The molecular weight excluding hydrogens is 318 g/mol. The number of benzene rings is 2. The molecule has 0 aliphatic carbocycles. The molecule has 1 heterocycles. The summed E-state index contributed by atoms with van der Waals surface area (Å²) < 4.78 is 38.0. The largest absolute Gasteiger partial charge is 0.508 e. The van der Waals surface area contributed by atoms with Gasteiger partial charge < -0.3 is 9.84 Å². The lowest BCUT2D eigenvalue weighted by Crippen LogP contribution is -2.04. The van der Waals surface area contributed by atoms with E-state index >= 15 is 0 Å². The van der Waals surface area contributed by atoms with Gasteiger partial charge in [-0.25, -0.2) is 4.98 Å². The van der Waals surface area contributed by atoms with Crippen molar-refractivity contribution >= 4 is 20.9 Å². The Morgan fingerprint density at radius 1 is 1.04 bits per heavy atom. The van der Waals surface area contributed by atoms with Crippen LogP contribution < -0.4 is 4.74 Å². The molecule has 0 atom stereocenters. The number of rotatable bonds is 3. The summed E-state index contributed by atoms with van der Waals surface area (Å²) in [4.78, 5) is 4.07. The van der Waals surface area contributed by atoms with Gasteiger partial charge in [-0.2, -0.15) is 8.42 Å². The Morgan fingerprint density at radius 2 is 1.74 bits per heavy atom. The van der Waals surface area contributed by atoms with Crippen LogP contribution in [-0.2, 0) is 10.1 Å². The molecule has 1 aromatic heterocycles. The van der Waals surface area contributed by atoms with E-state index in [1.54, 1.807) is 30.3 Å². The number of pyridine rings is 1. The van der Waals surface area contributed by atoms with Crippen molar-refractivity contribution in [3.05, 3.63) is 48.5 Å². The standard InChI is InChI=1S/C16H13NO5S/c1-22-13-7-4-11-8-15(10-2-5-12(18)6-3-10)17-16(14(11)9-13)23(19,20)21/h2-9,18H,1H3,(H,19,20,21). The Morgan fingerprint density at radius 3 is 2.35 bits per heavy atom. The maximum atomic E-state index is 11.7. The average molecular weight is 331 g/mol. The summed E-state index contributed by atoms with van der Waals surface area (Å²) in [5.41, 5.74) is 0.987. The highest BCUT2D eigenvalue weighted by Gasteiger charge is 2.19. The molecule has 0 bridgehead atoms. The van der Waals surface area contributed by atoms with Gasteiger partial charge in [0.2, 0.25) is 0 Å². The molecule has 2 N–H and O–H groups in total. The van der Waals surface area contributed by atoms with E-state index in [1.165, 1.54) is 25.3 Å². The molecule has 6 nitrogen and oxygen atoms in total. The highest BCUT2D eigenvalue weighted by Crippen LogP contribution is 2.30. The lowest BCUT2D eigenvalue weighted by molar-refractivity contribution is 0.415. The number of aromatic hydroxyl groups is 1. The summed E-state index contributed by atoms with van der Waals surface area (Å²) in [6, 6.07) is 12.8. The summed E-state index contributed by atoms with van der Waals surface area (Å²) in [5, 5.41) is 9.78. The second kappa shape index (κ2) is 5.53. The van der Waals surface area contributed by atoms with Crippen LogP contribution in [0.25, 0.3) is 22.0 Å². The van der Waals surface area contributed by atoms with Gasteiger partial charge >= 0.3 is 10.1 Å². The SMILES string of the molecule is COc1ccc2cc(-c3ccc(O)cc3)nc(S(=O)(=O)O)c2c1. The second-order valence-corrected chi connectivity index (χ2v) is 6.26. The van der Waals surface area contributed by atoms with Crippen LogP contribution in [0.5, 0.6) is 11.5 Å². The third-order valence-electron chi connectivity index (χ3n) is 3.41. The quantitative estimate of drug-likeness (QED) is 0.716. The monoisotopic (exact) mass is 331 g/mol. The molecule has 0 saturated heterocycles. The molecule has 3 aromatic rings. The first-order valence-corrected chi connectivity index (χ1v) is 8.08. The van der Waals surface area contributed by atoms with Gasteiger partial charge in [0, 0.05) is 10.9 Å². The summed E-state index contributed by atoms with van der Waals surface area (Å²) in [6.45, 7) is 0. The van der Waals surface area contributed by atoms with E-state index in [4.69, 9.17) is 4.74 Å². The van der Waals surface area contributed by atoms with Gasteiger partial charge in [-0.3, -0.25) is 4.55 Å². The molecule has 0 fully saturated rings. The molecule has 0 spiro atoms. The maximum absolute atomic E-state index is 11.7. The molecule has 0 amide bonds. The van der Waals surface area contributed by atoms with Crippen molar-refractivity contribution in [2.75, 3.05) is 7.11 Å². The maximum Gasteiger partial charge on any atom is 0.312 e. The van der Waals surface area contributed by atoms with E-state index in [-0.39, 0.29) is 11.1 Å². The topological polar surface area (TPSA) is 96.7 Å². The Balaban J connectivity index is 2.32. The minimum Gasteiger partial charge on any atom is -0.508 e. The summed E-state index contributed by atoms with van der Waals surface area (Å²) in [7, 11) is -3.04. The number of hydrogen-bond acceptors (Lipinski definition) is 5. The highest BCUT2D eigenvalue weighted by molar-refractivity contribution is 7.86. The predicted octanol–water partition coefficient (Wildman–Crippen LogP) is 2.86. The third kappa shape index (κ3) is 2.96. The minimum absolute atomic E-state index is 0.0919. The number of phenolic OH excluding ortho intramolecular Hbond substituents is 1. The zero-order valence-corrected chi connectivity index (χ0v) is 12.9. The number of methoxy groups -OCH3 is 1. The average Bonchev–Trinajstić information content (AvgIpc) is 2.53. The molecule has 118 valence electrons. The zero-order valence-electron chi connectivity index (χ0n) is 12.1. The first-order chi connectivity index (χ1) is 10.9. The van der Waals surface area contributed by atoms with E-state index in [0.717, 1.165) is 0 Å². The second-order valence-electron chi connectivity index (χ2n) is 4.92. The van der Waals surface area contributed by atoms with Gasteiger partial charge in [0.15, 0.2) is 5.03 Å². The third-order valence-corrected chi connectivity index (χ3v) is 4.21. The Labute approximate surface area is 132 Å². The van der Waals surface area contributed by atoms with Crippen molar-refractivity contribution in [2.24, 2.45) is 0 Å². The van der Waals surface area contributed by atoms with Crippen molar-refractivity contribution in [3.8, 4) is 22.8 Å². The lowest BCUT2D eigenvalue weighted by Gasteiger charge is -2.09. The Kier molecular flexibility index (Phi) is 3.67. The van der Waals surface area contributed by atoms with Gasteiger partial charge in [-0.15, -0.1) is 0 Å². The minimum atomic E-state index is -4.51. The Bertz CT molecular complexity index is 981. The van der Waals surface area contributed by atoms with E-state index in [9.17, 15) is 18.1 Å². The van der Waals surface area contributed by atoms with Crippen molar-refractivity contribution in [1.29, 1.82) is 0 Å². The van der Waals surface area contributed by atoms with Crippen molar-refractivity contribution in [3.63, 3.8) is 0 Å². The molecule has 0 aliphatic heterocycles. The summed E-state index contributed by atoms with van der Waals surface area (Å²) in [6.07, 6.45) is 0. The van der Waals surface area contributed by atoms with Crippen LogP contribution in [-0.4, -0.2) is 30.2 Å². The number of hydrogen-bond donors (Lipinski definition) is 2. The van der Waals surface area contributed by atoms with Gasteiger partial charge in [-0.05, 0) is 47.9 Å². The molecule has 0 aliphatic rings. The van der Waals surface area contributed by atoms with Crippen molar-refractivity contribution in [1.82, 2.24) is 4.98 Å². The molecule has 0 saturated carbocycles. The van der Waals surface area contributed by atoms with Crippen molar-refractivity contribution < 1.29 is 22.8 Å². The lowest BCUT2D eigenvalue weighted by atomic mass is 10.1. The van der Waals surface area contributed by atoms with Gasteiger partial charge in [0.25, 0.3) is 0 Å². The molecular formula is C16H13NO5S. The molecule has 0 unspecified atom stereocenters. The molecule has 3 rings (SSSR count). The van der Waals surface area contributed by atoms with Crippen molar-refractivity contribution in [2.45, 2.75) is 5.03 Å². The van der Waals surface area contributed by atoms with Crippen LogP contribution in [0.3, 0.4) is 0 Å². The van der Waals surface area contributed by atoms with Crippen LogP contribution in [0.15, 0.2) is 53.6 Å². The van der Waals surface area contributed by atoms with Gasteiger partial charge in [0.05, 0.1) is 12.8 Å². The van der Waals surface area contributed by atoms with Crippen LogP contribution >= 0.6 is 0 Å². The zero-order chi connectivity index (χ0) is 16.6. The first kappa shape index (κ1) is 15.3. The number of aromatic nitrogens is 1. The number of fused-ring (bicyclic) bond motifs is 1. The van der Waals surface area contributed by atoms with Gasteiger partial charge in [0.1, 0.15) is 11.5 Å². The van der Waals surface area contributed by atoms with E-state index in [0.29, 0.717) is 22.4 Å². The molecule has 0 radical (unpaired) electrons. The normalized spacial score (nSPS) is 11.6. The van der Waals surface area contributed by atoms with Crippen LogP contribution in [0.4, 0.5) is 0 Å². The van der Waals surface area contributed by atoms with Crippen LogP contribution in [0.2, 0.25) is 0 Å².